The highest BCUT2D eigenvalue weighted by atomic mass is 32.2. The highest BCUT2D eigenvalue weighted by molar-refractivity contribution is 7.89. The fourth-order valence-electron chi connectivity index (χ4n) is 2.95. The molecule has 138 valence electrons. The highest BCUT2D eigenvalue weighted by Gasteiger charge is 2.26. The molecule has 1 aromatic heterocycles. The van der Waals surface area contributed by atoms with Gasteiger partial charge < -0.3 is 9.30 Å². The zero-order chi connectivity index (χ0) is 18.9. The zero-order valence-corrected chi connectivity index (χ0v) is 16.6. The van der Waals surface area contributed by atoms with E-state index in [1.165, 1.54) is 0 Å². The van der Waals surface area contributed by atoms with Gasteiger partial charge in [-0.1, -0.05) is 0 Å². The molecule has 0 fully saturated rings. The van der Waals surface area contributed by atoms with Crippen LogP contribution >= 0.6 is 0 Å². The number of aryl methyl sites for hydroxylation is 1. The lowest BCUT2D eigenvalue weighted by Gasteiger charge is -2.20. The van der Waals surface area contributed by atoms with Crippen LogP contribution in [0.5, 0.6) is 5.75 Å². The van der Waals surface area contributed by atoms with Gasteiger partial charge in [-0.05, 0) is 64.3 Å². The first kappa shape index (κ1) is 19.4. The van der Waals surface area contributed by atoms with Crippen LogP contribution in [0.3, 0.4) is 0 Å². The number of hydrogen-bond donors (Lipinski definition) is 1. The normalized spacial score (nSPS) is 13.3. The van der Waals surface area contributed by atoms with Crippen LogP contribution in [-0.4, -0.2) is 30.3 Å². The fourth-order valence-corrected chi connectivity index (χ4v) is 4.68. The maximum atomic E-state index is 13.0. The van der Waals surface area contributed by atoms with Gasteiger partial charge in [0, 0.05) is 6.04 Å². The van der Waals surface area contributed by atoms with Gasteiger partial charge >= 0.3 is 0 Å². The number of hydrogen-bond acceptors (Lipinski definition) is 5. The molecule has 0 amide bonds. The molecule has 7 nitrogen and oxygen atoms in total. The summed E-state index contributed by atoms with van der Waals surface area (Å²) in [6.45, 7) is 11.2. The molecule has 1 aromatic carbocycles. The van der Waals surface area contributed by atoms with Crippen LogP contribution < -0.4 is 9.46 Å². The third kappa shape index (κ3) is 3.69. The summed E-state index contributed by atoms with van der Waals surface area (Å²) in [6.07, 6.45) is 1.61. The topological polar surface area (TPSA) is 86.1 Å². The molecule has 8 heteroatoms. The van der Waals surface area contributed by atoms with E-state index in [2.05, 4.69) is 14.9 Å². The number of nitrogens with zero attached hydrogens (tertiary/aromatic N) is 3. The van der Waals surface area contributed by atoms with E-state index in [1.54, 1.807) is 40.3 Å². The highest BCUT2D eigenvalue weighted by Crippen LogP contribution is 2.31. The summed E-state index contributed by atoms with van der Waals surface area (Å²) < 4.78 is 35.9. The molecule has 1 unspecified atom stereocenters. The first-order valence-corrected chi connectivity index (χ1v) is 9.65. The molecule has 0 aliphatic heterocycles. The molecule has 0 saturated heterocycles. The molecule has 0 spiro atoms. The molecular weight excluding hydrogens is 340 g/mol. The average Bonchev–Trinajstić information content (AvgIpc) is 3.00. The molecule has 1 heterocycles. The molecule has 2 rings (SSSR count). The number of methoxy groups -OCH3 is 1. The van der Waals surface area contributed by atoms with Gasteiger partial charge in [-0.15, -0.1) is 10.2 Å². The van der Waals surface area contributed by atoms with Gasteiger partial charge in [-0.2, -0.15) is 0 Å². The van der Waals surface area contributed by atoms with Gasteiger partial charge in [0.15, 0.2) is 5.82 Å². The van der Waals surface area contributed by atoms with E-state index in [9.17, 15) is 8.42 Å². The van der Waals surface area contributed by atoms with Crippen molar-refractivity contribution in [1.82, 2.24) is 19.5 Å². The molecule has 0 aliphatic carbocycles. The van der Waals surface area contributed by atoms with Crippen molar-refractivity contribution in [2.45, 2.75) is 58.5 Å². The van der Waals surface area contributed by atoms with Crippen LogP contribution in [0.15, 0.2) is 17.3 Å². The molecule has 1 atom stereocenters. The first-order chi connectivity index (χ1) is 11.6. The monoisotopic (exact) mass is 366 g/mol. The minimum absolute atomic E-state index is 0.142. The molecule has 0 saturated carbocycles. The van der Waals surface area contributed by atoms with Gasteiger partial charge in [0.25, 0.3) is 0 Å². The fraction of sp³-hybridized carbons (Fsp3) is 0.529. The summed E-state index contributed by atoms with van der Waals surface area (Å²) >= 11 is 0. The third-order valence-electron chi connectivity index (χ3n) is 4.34. The molecule has 1 N–H and O–H groups in total. The SMILES string of the molecule is COc1cc(C)c(S(=O)(=O)NC(C)c2nncn2C(C)C)c(C)c1C. The Kier molecular flexibility index (Phi) is 5.53. The number of aromatic nitrogens is 3. The van der Waals surface area contributed by atoms with Crippen LogP contribution in [0, 0.1) is 20.8 Å². The summed E-state index contributed by atoms with van der Waals surface area (Å²) in [7, 11) is -2.15. The molecule has 0 bridgehead atoms. The summed E-state index contributed by atoms with van der Waals surface area (Å²) in [5.74, 6) is 1.26. The van der Waals surface area contributed by atoms with Crippen molar-refractivity contribution in [3.8, 4) is 5.75 Å². The summed E-state index contributed by atoms with van der Waals surface area (Å²) in [5.41, 5.74) is 2.14. The third-order valence-corrected chi connectivity index (χ3v) is 6.17. The lowest BCUT2D eigenvalue weighted by Crippen LogP contribution is -2.30. The van der Waals surface area contributed by atoms with Crippen LogP contribution in [0.25, 0.3) is 0 Å². The molecule has 2 aromatic rings. The second-order valence-corrected chi connectivity index (χ2v) is 8.16. The molecule has 0 aliphatic rings. The largest absolute Gasteiger partial charge is 0.496 e. The average molecular weight is 366 g/mol. The summed E-state index contributed by atoms with van der Waals surface area (Å²) in [5, 5.41) is 7.97. The predicted molar refractivity (Wildman–Crippen MR) is 96.3 cm³/mol. The maximum absolute atomic E-state index is 13.0. The van der Waals surface area contributed by atoms with Crippen LogP contribution in [0.2, 0.25) is 0 Å². The van der Waals surface area contributed by atoms with Gasteiger partial charge in [-0.25, -0.2) is 13.1 Å². The summed E-state index contributed by atoms with van der Waals surface area (Å²) in [4.78, 5) is 0.285. The van der Waals surface area contributed by atoms with Gasteiger partial charge in [0.1, 0.15) is 12.1 Å². The minimum Gasteiger partial charge on any atom is -0.496 e. The zero-order valence-electron chi connectivity index (χ0n) is 15.8. The maximum Gasteiger partial charge on any atom is 0.241 e. The predicted octanol–water partition coefficient (Wildman–Crippen LogP) is 2.83. The van der Waals surface area contributed by atoms with Gasteiger partial charge in [0.2, 0.25) is 10.0 Å². The Bertz CT molecular complexity index is 872. The Labute approximate surface area is 149 Å². The number of rotatable bonds is 6. The first-order valence-electron chi connectivity index (χ1n) is 8.16. The lowest BCUT2D eigenvalue weighted by molar-refractivity contribution is 0.410. The lowest BCUT2D eigenvalue weighted by atomic mass is 10.1. The standard InChI is InChI=1S/C17H26N4O3S/c1-10(2)21-9-18-19-17(21)14(6)20-25(22,23)16-11(3)8-15(24-7)12(4)13(16)5/h8-10,14,20H,1-7H3. The van der Waals surface area contributed by atoms with Gasteiger partial charge in [-0.3, -0.25) is 0 Å². The number of ether oxygens (including phenoxy) is 1. The molecule has 0 radical (unpaired) electrons. The van der Waals surface area contributed by atoms with Crippen molar-refractivity contribution in [2.24, 2.45) is 0 Å². The Morgan fingerprint density at radius 2 is 1.80 bits per heavy atom. The smallest absolute Gasteiger partial charge is 0.241 e. The van der Waals surface area contributed by atoms with E-state index in [0.717, 1.165) is 5.56 Å². The van der Waals surface area contributed by atoms with Crippen LogP contribution in [0.4, 0.5) is 0 Å². The van der Waals surface area contributed by atoms with E-state index in [0.29, 0.717) is 22.7 Å². The van der Waals surface area contributed by atoms with E-state index >= 15 is 0 Å². The quantitative estimate of drug-likeness (QED) is 0.849. The minimum atomic E-state index is -3.72. The van der Waals surface area contributed by atoms with Crippen LogP contribution in [0.1, 0.15) is 55.4 Å². The van der Waals surface area contributed by atoms with E-state index in [4.69, 9.17) is 4.74 Å². The van der Waals surface area contributed by atoms with Crippen molar-refractivity contribution in [3.05, 3.63) is 34.9 Å². The second kappa shape index (κ2) is 7.13. The number of sulfonamides is 1. The summed E-state index contributed by atoms with van der Waals surface area (Å²) in [6, 6.07) is 1.39. The van der Waals surface area contributed by atoms with Crippen molar-refractivity contribution in [3.63, 3.8) is 0 Å². The van der Waals surface area contributed by atoms with E-state index in [-0.39, 0.29) is 10.9 Å². The van der Waals surface area contributed by atoms with E-state index in [1.807, 2.05) is 25.3 Å². The Morgan fingerprint density at radius 3 is 2.36 bits per heavy atom. The van der Waals surface area contributed by atoms with Crippen molar-refractivity contribution in [2.75, 3.05) is 7.11 Å². The van der Waals surface area contributed by atoms with Gasteiger partial charge in [0.05, 0.1) is 18.0 Å². The number of benzene rings is 1. The Morgan fingerprint density at radius 1 is 1.16 bits per heavy atom. The second-order valence-electron chi connectivity index (χ2n) is 6.51. The molecular formula is C17H26N4O3S. The number of nitrogens with one attached hydrogen (secondary N) is 1. The molecule has 25 heavy (non-hydrogen) atoms. The van der Waals surface area contributed by atoms with Crippen molar-refractivity contribution >= 4 is 10.0 Å². The van der Waals surface area contributed by atoms with E-state index < -0.39 is 16.1 Å². The van der Waals surface area contributed by atoms with Crippen LogP contribution in [-0.2, 0) is 10.0 Å². The Balaban J connectivity index is 2.43. The van der Waals surface area contributed by atoms with Crippen molar-refractivity contribution < 1.29 is 13.2 Å². The van der Waals surface area contributed by atoms with Crippen molar-refractivity contribution in [1.29, 1.82) is 0 Å². The Hall–Kier alpha value is -1.93.